The van der Waals surface area contributed by atoms with Crippen LogP contribution in [0.15, 0.2) is 0 Å². The lowest BCUT2D eigenvalue weighted by Crippen LogP contribution is -2.42. The normalized spacial score (nSPS) is 24.4. The lowest BCUT2D eigenvalue weighted by molar-refractivity contribution is 0.124. The molecule has 0 bridgehead atoms. The second-order valence-electron chi connectivity index (χ2n) is 4.83. The Kier molecular flexibility index (Phi) is 6.22. The number of likely N-dealkylation sites (tertiary alicyclic amines) is 1. The molecule has 3 nitrogen and oxygen atoms in total. The Bertz CT molecular complexity index is 162. The van der Waals surface area contributed by atoms with Gasteiger partial charge in [-0.3, -0.25) is 4.90 Å². The molecule has 2 N–H and O–H groups in total. The van der Waals surface area contributed by atoms with Crippen LogP contribution in [0.2, 0.25) is 0 Å². The van der Waals surface area contributed by atoms with Crippen LogP contribution >= 0.6 is 0 Å². The molecule has 1 heterocycles. The quantitative estimate of drug-likeness (QED) is 0.722. The van der Waals surface area contributed by atoms with Gasteiger partial charge in [-0.25, -0.2) is 0 Å². The van der Waals surface area contributed by atoms with Crippen molar-refractivity contribution in [1.29, 1.82) is 0 Å². The van der Waals surface area contributed by atoms with E-state index in [0.717, 1.165) is 26.1 Å². The first-order chi connectivity index (χ1) is 7.24. The minimum Gasteiger partial charge on any atom is -0.395 e. The molecule has 1 aliphatic heterocycles. The van der Waals surface area contributed by atoms with Crippen molar-refractivity contribution >= 4 is 0 Å². The Balaban J connectivity index is 2.28. The van der Waals surface area contributed by atoms with E-state index in [1.807, 2.05) is 0 Å². The third-order valence-electron chi connectivity index (χ3n) is 3.16. The van der Waals surface area contributed by atoms with Crippen molar-refractivity contribution in [3.8, 4) is 0 Å². The van der Waals surface area contributed by atoms with E-state index in [9.17, 15) is 5.11 Å². The molecule has 0 radical (unpaired) electrons. The first-order valence-corrected chi connectivity index (χ1v) is 6.32. The summed E-state index contributed by atoms with van der Waals surface area (Å²) >= 11 is 0. The van der Waals surface area contributed by atoms with Crippen LogP contribution in [-0.2, 0) is 0 Å². The number of aliphatic hydroxyl groups excluding tert-OH is 1. The molecule has 90 valence electrons. The molecule has 1 aliphatic rings. The second-order valence-corrected chi connectivity index (χ2v) is 4.83. The fourth-order valence-electron chi connectivity index (χ4n) is 2.23. The standard InChI is InChI=1S/C12H26N2O/c1-11(2)13-7-9-14-8-5-3-4-6-12(14)10-15/h11-13,15H,3-10H2,1-2H3. The molecule has 0 aromatic carbocycles. The molecule has 15 heavy (non-hydrogen) atoms. The topological polar surface area (TPSA) is 35.5 Å². The van der Waals surface area contributed by atoms with Gasteiger partial charge >= 0.3 is 0 Å². The Labute approximate surface area is 93.9 Å². The summed E-state index contributed by atoms with van der Waals surface area (Å²) in [5, 5.41) is 12.8. The van der Waals surface area contributed by atoms with Crippen molar-refractivity contribution < 1.29 is 5.11 Å². The summed E-state index contributed by atoms with van der Waals surface area (Å²) in [6.07, 6.45) is 5.06. The van der Waals surface area contributed by atoms with Crippen LogP contribution in [0.1, 0.15) is 39.5 Å². The molecular weight excluding hydrogens is 188 g/mol. The van der Waals surface area contributed by atoms with E-state index in [1.165, 1.54) is 19.3 Å². The molecule has 0 aromatic heterocycles. The lowest BCUT2D eigenvalue weighted by Gasteiger charge is -2.28. The lowest BCUT2D eigenvalue weighted by atomic mass is 10.1. The van der Waals surface area contributed by atoms with E-state index in [1.54, 1.807) is 0 Å². The summed E-state index contributed by atoms with van der Waals surface area (Å²) in [6, 6.07) is 0.964. The van der Waals surface area contributed by atoms with Crippen molar-refractivity contribution in [3.05, 3.63) is 0 Å². The number of aliphatic hydroxyl groups is 1. The van der Waals surface area contributed by atoms with Gasteiger partial charge in [0.25, 0.3) is 0 Å². The van der Waals surface area contributed by atoms with Gasteiger partial charge in [0.15, 0.2) is 0 Å². The molecule has 1 fully saturated rings. The first-order valence-electron chi connectivity index (χ1n) is 6.32. The highest BCUT2D eigenvalue weighted by Gasteiger charge is 2.19. The van der Waals surface area contributed by atoms with Crippen LogP contribution in [0, 0.1) is 0 Å². The van der Waals surface area contributed by atoms with E-state index in [0.29, 0.717) is 18.7 Å². The number of hydrogen-bond donors (Lipinski definition) is 2. The fourth-order valence-corrected chi connectivity index (χ4v) is 2.23. The van der Waals surface area contributed by atoms with Gasteiger partial charge in [-0.2, -0.15) is 0 Å². The molecular formula is C12H26N2O. The zero-order chi connectivity index (χ0) is 11.1. The SMILES string of the molecule is CC(C)NCCN1CCCCCC1CO. The highest BCUT2D eigenvalue weighted by molar-refractivity contribution is 4.75. The molecule has 1 atom stereocenters. The van der Waals surface area contributed by atoms with Gasteiger partial charge in [-0.1, -0.05) is 26.7 Å². The Hall–Kier alpha value is -0.120. The van der Waals surface area contributed by atoms with Crippen LogP contribution in [-0.4, -0.2) is 48.3 Å². The van der Waals surface area contributed by atoms with E-state index in [4.69, 9.17) is 0 Å². The summed E-state index contributed by atoms with van der Waals surface area (Å²) in [6.45, 7) is 7.93. The third-order valence-corrected chi connectivity index (χ3v) is 3.16. The predicted molar refractivity (Wildman–Crippen MR) is 64.1 cm³/mol. The van der Waals surface area contributed by atoms with E-state index in [2.05, 4.69) is 24.1 Å². The minimum absolute atomic E-state index is 0.321. The maximum absolute atomic E-state index is 9.33. The van der Waals surface area contributed by atoms with E-state index < -0.39 is 0 Å². The van der Waals surface area contributed by atoms with E-state index >= 15 is 0 Å². The molecule has 0 aliphatic carbocycles. The highest BCUT2D eigenvalue weighted by Crippen LogP contribution is 2.15. The minimum atomic E-state index is 0.321. The summed E-state index contributed by atoms with van der Waals surface area (Å²) < 4.78 is 0. The number of hydrogen-bond acceptors (Lipinski definition) is 3. The third kappa shape index (κ3) is 4.96. The maximum Gasteiger partial charge on any atom is 0.0586 e. The van der Waals surface area contributed by atoms with E-state index in [-0.39, 0.29) is 0 Å². The van der Waals surface area contributed by atoms with Gasteiger partial charge in [0.1, 0.15) is 0 Å². The van der Waals surface area contributed by atoms with Gasteiger partial charge in [0.05, 0.1) is 6.61 Å². The highest BCUT2D eigenvalue weighted by atomic mass is 16.3. The Morgan fingerprint density at radius 3 is 2.80 bits per heavy atom. The summed E-state index contributed by atoms with van der Waals surface area (Å²) in [7, 11) is 0. The van der Waals surface area contributed by atoms with Crippen LogP contribution in [0.5, 0.6) is 0 Å². The molecule has 0 amide bonds. The van der Waals surface area contributed by atoms with Gasteiger partial charge in [-0.05, 0) is 19.4 Å². The molecule has 3 heteroatoms. The second kappa shape index (κ2) is 7.20. The molecule has 0 aromatic rings. The average molecular weight is 214 g/mol. The van der Waals surface area contributed by atoms with Crippen molar-refractivity contribution in [1.82, 2.24) is 10.2 Å². The maximum atomic E-state index is 9.33. The van der Waals surface area contributed by atoms with Gasteiger partial charge < -0.3 is 10.4 Å². The first kappa shape index (κ1) is 12.9. The monoisotopic (exact) mass is 214 g/mol. The van der Waals surface area contributed by atoms with Crippen LogP contribution < -0.4 is 5.32 Å². The van der Waals surface area contributed by atoms with Crippen molar-refractivity contribution in [2.75, 3.05) is 26.2 Å². The van der Waals surface area contributed by atoms with Crippen LogP contribution in [0.25, 0.3) is 0 Å². The average Bonchev–Trinajstić information content (AvgIpc) is 2.42. The molecule has 1 saturated heterocycles. The molecule has 1 rings (SSSR count). The largest absolute Gasteiger partial charge is 0.395 e. The molecule has 0 saturated carbocycles. The van der Waals surface area contributed by atoms with Crippen molar-refractivity contribution in [2.45, 2.75) is 51.6 Å². The van der Waals surface area contributed by atoms with Crippen LogP contribution in [0.4, 0.5) is 0 Å². The van der Waals surface area contributed by atoms with Gasteiger partial charge in [0, 0.05) is 25.2 Å². The Morgan fingerprint density at radius 2 is 2.13 bits per heavy atom. The van der Waals surface area contributed by atoms with Crippen molar-refractivity contribution in [3.63, 3.8) is 0 Å². The van der Waals surface area contributed by atoms with Crippen LogP contribution in [0.3, 0.4) is 0 Å². The zero-order valence-corrected chi connectivity index (χ0v) is 10.2. The predicted octanol–water partition coefficient (Wildman–Crippen LogP) is 1.22. The number of rotatable bonds is 5. The van der Waals surface area contributed by atoms with Crippen molar-refractivity contribution in [2.24, 2.45) is 0 Å². The fraction of sp³-hybridized carbons (Fsp3) is 1.00. The molecule has 1 unspecified atom stereocenters. The zero-order valence-electron chi connectivity index (χ0n) is 10.2. The smallest absolute Gasteiger partial charge is 0.0586 e. The number of nitrogens with zero attached hydrogens (tertiary/aromatic N) is 1. The van der Waals surface area contributed by atoms with Gasteiger partial charge in [-0.15, -0.1) is 0 Å². The number of nitrogens with one attached hydrogen (secondary N) is 1. The molecule has 0 spiro atoms. The summed E-state index contributed by atoms with van der Waals surface area (Å²) in [4.78, 5) is 2.45. The summed E-state index contributed by atoms with van der Waals surface area (Å²) in [5.74, 6) is 0. The van der Waals surface area contributed by atoms with Gasteiger partial charge in [0.2, 0.25) is 0 Å². The Morgan fingerprint density at radius 1 is 1.33 bits per heavy atom. The summed E-state index contributed by atoms with van der Waals surface area (Å²) in [5.41, 5.74) is 0.